The van der Waals surface area contributed by atoms with Crippen molar-refractivity contribution < 1.29 is 22.5 Å². The SMILES string of the molecule is O=C(c1ccccc1)N1CCN(Cc2noc(-c3cccc(C(F)(F)F)c3)n2)CC1. The summed E-state index contributed by atoms with van der Waals surface area (Å²) in [6.45, 7) is 2.84. The molecular weight excluding hydrogens is 397 g/mol. The van der Waals surface area contributed by atoms with Crippen LogP contribution in [-0.4, -0.2) is 52.0 Å². The highest BCUT2D eigenvalue weighted by Gasteiger charge is 2.31. The Hall–Kier alpha value is -3.20. The van der Waals surface area contributed by atoms with Crippen LogP contribution >= 0.6 is 0 Å². The van der Waals surface area contributed by atoms with Gasteiger partial charge in [0.2, 0.25) is 0 Å². The molecule has 9 heteroatoms. The van der Waals surface area contributed by atoms with Crippen molar-refractivity contribution in [3.63, 3.8) is 0 Å². The van der Waals surface area contributed by atoms with Crippen molar-refractivity contribution in [3.05, 3.63) is 71.5 Å². The molecule has 156 valence electrons. The summed E-state index contributed by atoms with van der Waals surface area (Å²) in [6, 6.07) is 13.9. The second-order valence-corrected chi connectivity index (χ2v) is 7.03. The van der Waals surface area contributed by atoms with Gasteiger partial charge in [0.25, 0.3) is 11.8 Å². The van der Waals surface area contributed by atoms with E-state index in [0.717, 1.165) is 12.1 Å². The highest BCUT2D eigenvalue weighted by atomic mass is 19.4. The maximum Gasteiger partial charge on any atom is 0.416 e. The van der Waals surface area contributed by atoms with Gasteiger partial charge in [-0.3, -0.25) is 9.69 Å². The minimum absolute atomic E-state index is 0.00152. The second kappa shape index (κ2) is 8.27. The normalized spacial score (nSPS) is 15.4. The van der Waals surface area contributed by atoms with E-state index in [1.165, 1.54) is 12.1 Å². The third-order valence-corrected chi connectivity index (χ3v) is 4.95. The summed E-state index contributed by atoms with van der Waals surface area (Å²) in [7, 11) is 0. The number of carbonyl (C=O) groups is 1. The molecule has 0 radical (unpaired) electrons. The number of piperazine rings is 1. The number of aromatic nitrogens is 2. The first-order valence-electron chi connectivity index (χ1n) is 9.47. The molecule has 0 saturated carbocycles. The largest absolute Gasteiger partial charge is 0.416 e. The highest BCUT2D eigenvalue weighted by molar-refractivity contribution is 5.94. The lowest BCUT2D eigenvalue weighted by atomic mass is 10.1. The van der Waals surface area contributed by atoms with Gasteiger partial charge in [0.05, 0.1) is 12.1 Å². The molecule has 1 fully saturated rings. The maximum absolute atomic E-state index is 12.9. The van der Waals surface area contributed by atoms with E-state index in [-0.39, 0.29) is 17.4 Å². The number of alkyl halides is 3. The first kappa shape index (κ1) is 20.1. The monoisotopic (exact) mass is 416 g/mol. The van der Waals surface area contributed by atoms with Crippen molar-refractivity contribution in [2.45, 2.75) is 12.7 Å². The second-order valence-electron chi connectivity index (χ2n) is 7.03. The van der Waals surface area contributed by atoms with Gasteiger partial charge in [-0.05, 0) is 30.3 Å². The molecule has 0 N–H and O–H groups in total. The van der Waals surface area contributed by atoms with Crippen LogP contribution in [0.4, 0.5) is 13.2 Å². The fraction of sp³-hybridized carbons (Fsp3) is 0.286. The molecule has 4 rings (SSSR count). The number of nitrogens with zero attached hydrogens (tertiary/aromatic N) is 4. The average Bonchev–Trinajstić information content (AvgIpc) is 3.22. The third kappa shape index (κ3) is 4.51. The molecule has 0 spiro atoms. The Bertz CT molecular complexity index is 1010. The number of benzene rings is 2. The summed E-state index contributed by atoms with van der Waals surface area (Å²) in [6.07, 6.45) is -4.43. The van der Waals surface area contributed by atoms with E-state index in [0.29, 0.717) is 44.1 Å². The Labute approximate surface area is 170 Å². The molecule has 3 aromatic rings. The molecule has 1 aliphatic heterocycles. The van der Waals surface area contributed by atoms with Crippen molar-refractivity contribution in [3.8, 4) is 11.5 Å². The first-order chi connectivity index (χ1) is 14.4. The first-order valence-corrected chi connectivity index (χ1v) is 9.47. The van der Waals surface area contributed by atoms with Crippen LogP contribution < -0.4 is 0 Å². The zero-order valence-electron chi connectivity index (χ0n) is 16.0. The van der Waals surface area contributed by atoms with Gasteiger partial charge in [0, 0.05) is 37.3 Å². The zero-order chi connectivity index (χ0) is 21.1. The number of amides is 1. The van der Waals surface area contributed by atoms with Crippen molar-refractivity contribution in [2.24, 2.45) is 0 Å². The van der Waals surface area contributed by atoms with E-state index in [2.05, 4.69) is 15.0 Å². The molecule has 30 heavy (non-hydrogen) atoms. The third-order valence-electron chi connectivity index (χ3n) is 4.95. The molecule has 1 aliphatic rings. The number of rotatable bonds is 4. The van der Waals surface area contributed by atoms with E-state index in [9.17, 15) is 18.0 Å². The van der Waals surface area contributed by atoms with Gasteiger partial charge >= 0.3 is 6.18 Å². The number of hydrogen-bond acceptors (Lipinski definition) is 5. The van der Waals surface area contributed by atoms with E-state index >= 15 is 0 Å². The minimum Gasteiger partial charge on any atom is -0.336 e. The van der Waals surface area contributed by atoms with Crippen LogP contribution in [0, 0.1) is 0 Å². The Morgan fingerprint density at radius 3 is 2.43 bits per heavy atom. The Balaban J connectivity index is 1.36. The van der Waals surface area contributed by atoms with Crippen molar-refractivity contribution in [1.29, 1.82) is 0 Å². The number of halogens is 3. The van der Waals surface area contributed by atoms with Crippen LogP contribution in [0.5, 0.6) is 0 Å². The van der Waals surface area contributed by atoms with Crippen LogP contribution in [0.15, 0.2) is 59.1 Å². The van der Waals surface area contributed by atoms with Gasteiger partial charge in [-0.1, -0.05) is 29.4 Å². The van der Waals surface area contributed by atoms with Crippen LogP contribution in [0.2, 0.25) is 0 Å². The topological polar surface area (TPSA) is 62.5 Å². The van der Waals surface area contributed by atoms with Gasteiger partial charge in [-0.25, -0.2) is 0 Å². The Morgan fingerprint density at radius 2 is 1.73 bits per heavy atom. The minimum atomic E-state index is -4.43. The van der Waals surface area contributed by atoms with Crippen molar-refractivity contribution >= 4 is 5.91 Å². The van der Waals surface area contributed by atoms with Crippen LogP contribution in [0.25, 0.3) is 11.5 Å². The lowest BCUT2D eigenvalue weighted by Crippen LogP contribution is -2.48. The van der Waals surface area contributed by atoms with E-state index in [1.54, 1.807) is 17.0 Å². The molecule has 0 unspecified atom stereocenters. The molecule has 1 saturated heterocycles. The van der Waals surface area contributed by atoms with E-state index in [1.807, 2.05) is 18.2 Å². The highest BCUT2D eigenvalue weighted by Crippen LogP contribution is 2.31. The average molecular weight is 416 g/mol. The fourth-order valence-corrected chi connectivity index (χ4v) is 3.34. The predicted octanol–water partition coefficient (Wildman–Crippen LogP) is 3.71. The van der Waals surface area contributed by atoms with Crippen molar-refractivity contribution in [2.75, 3.05) is 26.2 Å². The summed E-state index contributed by atoms with van der Waals surface area (Å²) < 4.78 is 43.8. The number of carbonyl (C=O) groups excluding carboxylic acids is 1. The summed E-state index contributed by atoms with van der Waals surface area (Å²) in [5, 5.41) is 3.89. The van der Waals surface area contributed by atoms with Gasteiger partial charge < -0.3 is 9.42 Å². The Kier molecular flexibility index (Phi) is 5.54. The summed E-state index contributed by atoms with van der Waals surface area (Å²) in [5.74, 6) is 0.445. The van der Waals surface area contributed by atoms with Crippen LogP contribution in [0.3, 0.4) is 0 Å². The standard InChI is InChI=1S/C21H19F3N4O2/c22-21(23,24)17-8-4-7-16(13-17)19-25-18(26-30-19)14-27-9-11-28(12-10-27)20(29)15-5-2-1-3-6-15/h1-8,13H,9-12,14H2. The maximum atomic E-state index is 12.9. The van der Waals surface area contributed by atoms with Gasteiger partial charge in [-0.2, -0.15) is 18.2 Å². The molecule has 0 bridgehead atoms. The number of hydrogen-bond donors (Lipinski definition) is 0. The Morgan fingerprint density at radius 1 is 1.00 bits per heavy atom. The lowest BCUT2D eigenvalue weighted by molar-refractivity contribution is -0.137. The lowest BCUT2D eigenvalue weighted by Gasteiger charge is -2.34. The molecule has 1 aromatic heterocycles. The zero-order valence-corrected chi connectivity index (χ0v) is 16.0. The summed E-state index contributed by atoms with van der Waals surface area (Å²) >= 11 is 0. The molecule has 6 nitrogen and oxygen atoms in total. The summed E-state index contributed by atoms with van der Waals surface area (Å²) in [4.78, 5) is 20.6. The smallest absolute Gasteiger partial charge is 0.336 e. The van der Waals surface area contributed by atoms with Crippen molar-refractivity contribution in [1.82, 2.24) is 19.9 Å². The molecule has 0 atom stereocenters. The van der Waals surface area contributed by atoms with Gasteiger partial charge in [0.15, 0.2) is 5.82 Å². The summed E-state index contributed by atoms with van der Waals surface area (Å²) in [5.41, 5.74) is 0.121. The quantitative estimate of drug-likeness (QED) is 0.649. The van der Waals surface area contributed by atoms with Crippen LogP contribution in [0.1, 0.15) is 21.7 Å². The van der Waals surface area contributed by atoms with E-state index in [4.69, 9.17) is 4.52 Å². The fourth-order valence-electron chi connectivity index (χ4n) is 3.34. The predicted molar refractivity (Wildman–Crippen MR) is 102 cm³/mol. The molecule has 2 aromatic carbocycles. The van der Waals surface area contributed by atoms with E-state index < -0.39 is 11.7 Å². The molecular formula is C21H19F3N4O2. The molecule has 2 heterocycles. The van der Waals surface area contributed by atoms with Gasteiger partial charge in [0.1, 0.15) is 0 Å². The molecule has 1 amide bonds. The van der Waals surface area contributed by atoms with Gasteiger partial charge in [-0.15, -0.1) is 0 Å². The molecule has 0 aliphatic carbocycles. The van der Waals surface area contributed by atoms with Crippen LogP contribution in [-0.2, 0) is 12.7 Å².